The molecule has 0 amide bonds. The lowest BCUT2D eigenvalue weighted by molar-refractivity contribution is 0.442. The van der Waals surface area contributed by atoms with Crippen molar-refractivity contribution in [2.45, 2.75) is 0 Å². The first kappa shape index (κ1) is 16.7. The van der Waals surface area contributed by atoms with E-state index in [4.69, 9.17) is 12.2 Å². The smallest absolute Gasteiger partial charge is 0.191 e. The van der Waals surface area contributed by atoms with Crippen LogP contribution in [0.3, 0.4) is 0 Å². The zero-order valence-electron chi connectivity index (χ0n) is 11.0. The summed E-state index contributed by atoms with van der Waals surface area (Å²) in [4.78, 5) is 0. The van der Waals surface area contributed by atoms with Gasteiger partial charge in [0.25, 0.3) is 0 Å². The van der Waals surface area contributed by atoms with E-state index >= 15 is 0 Å². The number of para-hydroxylation sites is 1. The van der Waals surface area contributed by atoms with Crippen molar-refractivity contribution < 1.29 is 10.2 Å². The summed E-state index contributed by atoms with van der Waals surface area (Å²) in [5.74, 6) is -0.197. The van der Waals surface area contributed by atoms with Crippen LogP contribution in [0.5, 0.6) is 11.5 Å². The fraction of sp³-hybridized carbons (Fsp3) is 0. The second-order valence-electron chi connectivity index (χ2n) is 4.15. The van der Waals surface area contributed by atoms with Crippen molar-refractivity contribution in [3.63, 3.8) is 0 Å². The molecule has 2 aromatic rings. The van der Waals surface area contributed by atoms with E-state index in [1.54, 1.807) is 0 Å². The topological polar surface area (TPSA) is 76.9 Å². The average molecular weight is 445 g/mol. The van der Waals surface area contributed by atoms with Crippen molar-refractivity contribution in [3.05, 3.63) is 50.9 Å². The van der Waals surface area contributed by atoms with Crippen LogP contribution in [0.25, 0.3) is 0 Å². The molecular weight excluding hydrogens is 434 g/mol. The molecule has 0 unspecified atom stereocenters. The molecule has 0 aromatic heterocycles. The molecule has 22 heavy (non-hydrogen) atoms. The molecule has 2 aromatic carbocycles. The standard InChI is InChI=1S/C14H11Br2N3O2S/c15-10-6-8(12(20)11(16)13(10)21)7-17-19-14(22)18-9-4-2-1-3-5-9/h1-7,20-21H,(H2,18,19,22)/b17-7+. The quantitative estimate of drug-likeness (QED) is 0.327. The van der Waals surface area contributed by atoms with Gasteiger partial charge < -0.3 is 15.5 Å². The first-order chi connectivity index (χ1) is 10.5. The minimum Gasteiger partial charge on any atom is -0.506 e. The number of aromatic hydroxyl groups is 2. The van der Waals surface area contributed by atoms with Crippen molar-refractivity contribution >= 4 is 61.1 Å². The normalized spacial score (nSPS) is 10.6. The predicted octanol–water partition coefficient (Wildman–Crippen LogP) is 3.94. The molecular formula is C14H11Br2N3O2S. The zero-order valence-corrected chi connectivity index (χ0v) is 15.0. The molecule has 2 rings (SSSR count). The highest BCUT2D eigenvalue weighted by Gasteiger charge is 2.12. The molecule has 114 valence electrons. The number of benzene rings is 2. The molecule has 0 aliphatic heterocycles. The van der Waals surface area contributed by atoms with Gasteiger partial charge in [0.2, 0.25) is 0 Å². The first-order valence-corrected chi connectivity index (χ1v) is 8.03. The van der Waals surface area contributed by atoms with Gasteiger partial charge in [-0.25, -0.2) is 0 Å². The van der Waals surface area contributed by atoms with Gasteiger partial charge in [0.05, 0.1) is 10.7 Å². The van der Waals surface area contributed by atoms with E-state index in [0.29, 0.717) is 15.1 Å². The van der Waals surface area contributed by atoms with Gasteiger partial charge in [0.15, 0.2) is 5.11 Å². The Bertz CT molecular complexity index is 724. The molecule has 0 atom stereocenters. The number of nitrogens with one attached hydrogen (secondary N) is 2. The second-order valence-corrected chi connectivity index (χ2v) is 6.20. The Hall–Kier alpha value is -1.64. The molecule has 5 nitrogen and oxygen atoms in total. The Balaban J connectivity index is 2.03. The van der Waals surface area contributed by atoms with Crippen LogP contribution in [0.2, 0.25) is 0 Å². The van der Waals surface area contributed by atoms with Gasteiger partial charge in [-0.3, -0.25) is 5.43 Å². The Morgan fingerprint density at radius 3 is 2.50 bits per heavy atom. The van der Waals surface area contributed by atoms with E-state index in [2.05, 4.69) is 47.7 Å². The molecule has 0 aliphatic carbocycles. The van der Waals surface area contributed by atoms with Gasteiger partial charge in [0.1, 0.15) is 16.0 Å². The Morgan fingerprint density at radius 1 is 1.14 bits per heavy atom. The number of phenols is 2. The van der Waals surface area contributed by atoms with Crippen LogP contribution in [0.4, 0.5) is 5.69 Å². The third-order valence-electron chi connectivity index (χ3n) is 2.60. The summed E-state index contributed by atoms with van der Waals surface area (Å²) in [6, 6.07) is 11.0. The summed E-state index contributed by atoms with van der Waals surface area (Å²) in [6.07, 6.45) is 1.39. The Labute approximate surface area is 149 Å². The van der Waals surface area contributed by atoms with Crippen molar-refractivity contribution in [1.29, 1.82) is 0 Å². The highest BCUT2D eigenvalue weighted by molar-refractivity contribution is 9.11. The number of phenolic OH excluding ortho intramolecular Hbond substituents is 2. The first-order valence-electron chi connectivity index (χ1n) is 6.04. The summed E-state index contributed by atoms with van der Waals surface area (Å²) >= 11 is 11.4. The van der Waals surface area contributed by atoms with Crippen LogP contribution < -0.4 is 10.7 Å². The number of anilines is 1. The molecule has 0 saturated heterocycles. The molecule has 0 bridgehead atoms. The SMILES string of the molecule is Oc1c(Br)cc(/C=N/NC(=S)Nc2ccccc2)c(O)c1Br. The molecule has 0 radical (unpaired) electrons. The van der Waals surface area contributed by atoms with Crippen molar-refractivity contribution in [2.24, 2.45) is 5.10 Å². The maximum absolute atomic E-state index is 9.91. The van der Waals surface area contributed by atoms with Crippen LogP contribution in [-0.2, 0) is 0 Å². The number of thiocarbonyl (C=S) groups is 1. The molecule has 0 saturated carbocycles. The lowest BCUT2D eigenvalue weighted by Crippen LogP contribution is -2.23. The van der Waals surface area contributed by atoms with Crippen molar-refractivity contribution in [3.8, 4) is 11.5 Å². The monoisotopic (exact) mass is 443 g/mol. The highest BCUT2D eigenvalue weighted by atomic mass is 79.9. The molecule has 0 fully saturated rings. The Kier molecular flexibility index (Phi) is 5.76. The number of hydrogen-bond acceptors (Lipinski definition) is 4. The maximum atomic E-state index is 9.91. The van der Waals surface area contributed by atoms with Gasteiger partial charge >= 0.3 is 0 Å². The lowest BCUT2D eigenvalue weighted by atomic mass is 10.2. The molecule has 8 heteroatoms. The van der Waals surface area contributed by atoms with Crippen LogP contribution in [0, 0.1) is 0 Å². The number of halogens is 2. The van der Waals surface area contributed by atoms with Crippen molar-refractivity contribution in [1.82, 2.24) is 5.43 Å². The lowest BCUT2D eigenvalue weighted by Gasteiger charge is -2.08. The number of rotatable bonds is 3. The average Bonchev–Trinajstić information content (AvgIpc) is 2.51. The fourth-order valence-corrected chi connectivity index (χ4v) is 2.88. The van der Waals surface area contributed by atoms with E-state index in [0.717, 1.165) is 5.69 Å². The van der Waals surface area contributed by atoms with Gasteiger partial charge in [-0.05, 0) is 62.3 Å². The summed E-state index contributed by atoms with van der Waals surface area (Å²) < 4.78 is 0.622. The van der Waals surface area contributed by atoms with Crippen LogP contribution in [0.15, 0.2) is 50.4 Å². The number of hydrazone groups is 1. The van der Waals surface area contributed by atoms with E-state index in [9.17, 15) is 10.2 Å². The van der Waals surface area contributed by atoms with Crippen LogP contribution >= 0.6 is 44.1 Å². The zero-order chi connectivity index (χ0) is 16.1. The van der Waals surface area contributed by atoms with Gasteiger partial charge in [-0.1, -0.05) is 18.2 Å². The minimum atomic E-state index is -0.117. The molecule has 4 N–H and O–H groups in total. The van der Waals surface area contributed by atoms with E-state index in [1.165, 1.54) is 12.3 Å². The third-order valence-corrected chi connectivity index (χ3v) is 4.15. The third kappa shape index (κ3) is 4.19. The highest BCUT2D eigenvalue weighted by Crippen LogP contribution is 2.40. The van der Waals surface area contributed by atoms with Crippen LogP contribution in [0.1, 0.15) is 5.56 Å². The number of hydrogen-bond donors (Lipinski definition) is 4. The summed E-state index contributed by atoms with van der Waals surface area (Å²) in [6.45, 7) is 0. The van der Waals surface area contributed by atoms with E-state index in [-0.39, 0.29) is 16.0 Å². The minimum absolute atomic E-state index is 0.0797. The van der Waals surface area contributed by atoms with Gasteiger partial charge in [0, 0.05) is 11.3 Å². The van der Waals surface area contributed by atoms with Crippen LogP contribution in [-0.4, -0.2) is 21.5 Å². The molecule has 0 aliphatic rings. The van der Waals surface area contributed by atoms with E-state index < -0.39 is 0 Å². The van der Waals surface area contributed by atoms with E-state index in [1.807, 2.05) is 30.3 Å². The second kappa shape index (κ2) is 7.57. The van der Waals surface area contributed by atoms with Crippen molar-refractivity contribution in [2.75, 3.05) is 5.32 Å². The molecule has 0 spiro atoms. The largest absolute Gasteiger partial charge is 0.506 e. The van der Waals surface area contributed by atoms with Gasteiger partial charge in [-0.2, -0.15) is 5.10 Å². The summed E-state index contributed by atoms with van der Waals surface area (Å²) in [5.41, 5.74) is 3.90. The molecule has 0 heterocycles. The fourth-order valence-electron chi connectivity index (χ4n) is 1.56. The predicted molar refractivity (Wildman–Crippen MR) is 98.6 cm³/mol. The van der Waals surface area contributed by atoms with Gasteiger partial charge in [-0.15, -0.1) is 0 Å². The Morgan fingerprint density at radius 2 is 1.82 bits per heavy atom. The maximum Gasteiger partial charge on any atom is 0.191 e. The summed E-state index contributed by atoms with van der Waals surface area (Å²) in [5, 5.41) is 26.8. The number of nitrogens with zero attached hydrogens (tertiary/aromatic N) is 1. The summed E-state index contributed by atoms with van der Waals surface area (Å²) in [7, 11) is 0.